The summed E-state index contributed by atoms with van der Waals surface area (Å²) in [6.45, 7) is 1.98. The number of hydrogen-bond acceptors (Lipinski definition) is 3. The van der Waals surface area contributed by atoms with Gasteiger partial charge in [0, 0.05) is 0 Å². The molecule has 2 atom stereocenters. The lowest BCUT2D eigenvalue weighted by atomic mass is 10.1. The first-order valence-corrected chi connectivity index (χ1v) is 6.88. The molecule has 0 radical (unpaired) electrons. The SMILES string of the molecule is CCCCC(N)C(=O)N[C@@H](CO)Cc1ccccc1. The molecule has 0 spiro atoms. The molecule has 4 N–H and O–H groups in total. The normalized spacial score (nSPS) is 13.8. The Bertz CT molecular complexity index is 368. The van der Waals surface area contributed by atoms with E-state index in [1.165, 1.54) is 0 Å². The lowest BCUT2D eigenvalue weighted by molar-refractivity contribution is -0.123. The van der Waals surface area contributed by atoms with Gasteiger partial charge < -0.3 is 16.2 Å². The van der Waals surface area contributed by atoms with E-state index in [-0.39, 0.29) is 18.6 Å². The first-order chi connectivity index (χ1) is 9.17. The summed E-state index contributed by atoms with van der Waals surface area (Å²) in [5, 5.41) is 12.1. The van der Waals surface area contributed by atoms with E-state index in [2.05, 4.69) is 12.2 Å². The van der Waals surface area contributed by atoms with Gasteiger partial charge in [-0.25, -0.2) is 0 Å². The summed E-state index contributed by atoms with van der Waals surface area (Å²) in [6, 6.07) is 9.03. The summed E-state index contributed by atoms with van der Waals surface area (Å²) in [4.78, 5) is 11.9. The Kier molecular flexibility index (Phi) is 7.15. The molecule has 1 unspecified atom stereocenters. The molecule has 19 heavy (non-hydrogen) atoms. The molecule has 0 saturated carbocycles. The molecule has 1 rings (SSSR count). The number of carbonyl (C=O) groups is 1. The molecule has 0 aliphatic rings. The van der Waals surface area contributed by atoms with Gasteiger partial charge in [0.1, 0.15) is 0 Å². The van der Waals surface area contributed by atoms with Gasteiger partial charge >= 0.3 is 0 Å². The molecule has 0 saturated heterocycles. The van der Waals surface area contributed by atoms with E-state index in [4.69, 9.17) is 5.73 Å². The summed E-state index contributed by atoms with van der Waals surface area (Å²) >= 11 is 0. The van der Waals surface area contributed by atoms with Crippen LogP contribution >= 0.6 is 0 Å². The number of nitrogens with one attached hydrogen (secondary N) is 1. The zero-order chi connectivity index (χ0) is 14.1. The third-order valence-electron chi connectivity index (χ3n) is 3.10. The molecular weight excluding hydrogens is 240 g/mol. The Morgan fingerprint density at radius 3 is 2.63 bits per heavy atom. The van der Waals surface area contributed by atoms with E-state index in [1.807, 2.05) is 30.3 Å². The van der Waals surface area contributed by atoms with Gasteiger partial charge in [0.2, 0.25) is 5.91 Å². The van der Waals surface area contributed by atoms with Gasteiger partial charge in [0.25, 0.3) is 0 Å². The first kappa shape index (κ1) is 15.7. The molecule has 1 amide bonds. The lowest BCUT2D eigenvalue weighted by Crippen LogP contribution is -2.47. The van der Waals surface area contributed by atoms with E-state index < -0.39 is 6.04 Å². The maximum absolute atomic E-state index is 11.9. The van der Waals surface area contributed by atoms with Gasteiger partial charge in [-0.1, -0.05) is 50.1 Å². The number of aliphatic hydroxyl groups excluding tert-OH is 1. The number of rotatable bonds is 8. The quantitative estimate of drug-likeness (QED) is 0.661. The predicted molar refractivity (Wildman–Crippen MR) is 76.7 cm³/mol. The highest BCUT2D eigenvalue weighted by Crippen LogP contribution is 2.04. The van der Waals surface area contributed by atoms with E-state index in [9.17, 15) is 9.90 Å². The minimum atomic E-state index is -0.482. The second kappa shape index (κ2) is 8.67. The number of carbonyl (C=O) groups excluding carboxylic acids is 1. The molecule has 0 aliphatic heterocycles. The van der Waals surface area contributed by atoms with Gasteiger partial charge in [-0.15, -0.1) is 0 Å². The van der Waals surface area contributed by atoms with Crippen LogP contribution in [-0.2, 0) is 11.2 Å². The van der Waals surface area contributed by atoms with Gasteiger partial charge in [0.15, 0.2) is 0 Å². The van der Waals surface area contributed by atoms with Crippen LogP contribution in [0.25, 0.3) is 0 Å². The minimum Gasteiger partial charge on any atom is -0.394 e. The smallest absolute Gasteiger partial charge is 0.237 e. The zero-order valence-electron chi connectivity index (χ0n) is 11.5. The molecule has 0 bridgehead atoms. The van der Waals surface area contributed by atoms with Gasteiger partial charge in [0.05, 0.1) is 18.7 Å². The molecule has 0 heterocycles. The summed E-state index contributed by atoms with van der Waals surface area (Å²) < 4.78 is 0. The standard InChI is InChI=1S/C15H24N2O2/c1-2-3-9-14(16)15(19)17-13(11-18)10-12-7-5-4-6-8-12/h4-8,13-14,18H,2-3,9-11,16H2,1H3,(H,17,19)/t13-,14?/m1/s1. The Morgan fingerprint density at radius 2 is 2.05 bits per heavy atom. The Balaban J connectivity index is 2.45. The highest BCUT2D eigenvalue weighted by molar-refractivity contribution is 5.81. The number of unbranched alkanes of at least 4 members (excludes halogenated alkanes) is 1. The monoisotopic (exact) mass is 264 g/mol. The molecule has 0 fully saturated rings. The number of hydrogen-bond donors (Lipinski definition) is 3. The van der Waals surface area contributed by atoms with Crippen LogP contribution in [0.3, 0.4) is 0 Å². The van der Waals surface area contributed by atoms with Crippen molar-refractivity contribution >= 4 is 5.91 Å². The van der Waals surface area contributed by atoms with Gasteiger partial charge in [-0.05, 0) is 18.4 Å². The minimum absolute atomic E-state index is 0.0822. The van der Waals surface area contributed by atoms with Crippen molar-refractivity contribution in [1.29, 1.82) is 0 Å². The third-order valence-corrected chi connectivity index (χ3v) is 3.10. The Morgan fingerprint density at radius 1 is 1.37 bits per heavy atom. The second-order valence-corrected chi connectivity index (χ2v) is 4.83. The molecule has 106 valence electrons. The third kappa shape index (κ3) is 5.85. The molecule has 0 aliphatic carbocycles. The van der Waals surface area contributed by atoms with Crippen LogP contribution in [0.5, 0.6) is 0 Å². The topological polar surface area (TPSA) is 75.4 Å². The maximum atomic E-state index is 11.9. The highest BCUT2D eigenvalue weighted by Gasteiger charge is 2.17. The van der Waals surface area contributed by atoms with Crippen molar-refractivity contribution in [1.82, 2.24) is 5.32 Å². The molecule has 4 nitrogen and oxygen atoms in total. The van der Waals surface area contributed by atoms with Crippen molar-refractivity contribution in [3.8, 4) is 0 Å². The first-order valence-electron chi connectivity index (χ1n) is 6.88. The van der Waals surface area contributed by atoms with Crippen molar-refractivity contribution < 1.29 is 9.90 Å². The average molecular weight is 264 g/mol. The van der Waals surface area contributed by atoms with Crippen LogP contribution in [0.4, 0.5) is 0 Å². The van der Waals surface area contributed by atoms with E-state index >= 15 is 0 Å². The fourth-order valence-corrected chi connectivity index (χ4v) is 1.92. The van der Waals surface area contributed by atoms with Crippen LogP contribution in [0.1, 0.15) is 31.7 Å². The van der Waals surface area contributed by atoms with Crippen LogP contribution in [-0.4, -0.2) is 29.7 Å². The van der Waals surface area contributed by atoms with Gasteiger partial charge in [-0.3, -0.25) is 4.79 Å². The summed E-state index contributed by atoms with van der Waals surface area (Å²) in [7, 11) is 0. The number of aliphatic hydroxyl groups is 1. The average Bonchev–Trinajstić information content (AvgIpc) is 2.44. The molecule has 4 heteroatoms. The van der Waals surface area contributed by atoms with Crippen LogP contribution in [0, 0.1) is 0 Å². The van der Waals surface area contributed by atoms with Crippen molar-refractivity contribution in [3.63, 3.8) is 0 Å². The molecule has 1 aromatic carbocycles. The Labute approximate surface area is 115 Å². The van der Waals surface area contributed by atoms with Crippen molar-refractivity contribution in [2.75, 3.05) is 6.61 Å². The van der Waals surface area contributed by atoms with Gasteiger partial charge in [-0.2, -0.15) is 0 Å². The maximum Gasteiger partial charge on any atom is 0.237 e. The molecular formula is C15H24N2O2. The Hall–Kier alpha value is -1.39. The number of amides is 1. The van der Waals surface area contributed by atoms with Crippen molar-refractivity contribution in [3.05, 3.63) is 35.9 Å². The lowest BCUT2D eigenvalue weighted by Gasteiger charge is -2.19. The largest absolute Gasteiger partial charge is 0.394 e. The van der Waals surface area contributed by atoms with E-state index in [1.54, 1.807) is 0 Å². The summed E-state index contributed by atoms with van der Waals surface area (Å²) in [5.74, 6) is -0.177. The van der Waals surface area contributed by atoms with Crippen LogP contribution in [0.15, 0.2) is 30.3 Å². The predicted octanol–water partition coefficient (Wildman–Crippen LogP) is 1.22. The second-order valence-electron chi connectivity index (χ2n) is 4.83. The zero-order valence-corrected chi connectivity index (χ0v) is 11.5. The fraction of sp³-hybridized carbons (Fsp3) is 0.533. The fourth-order valence-electron chi connectivity index (χ4n) is 1.92. The number of benzene rings is 1. The molecule has 0 aromatic heterocycles. The van der Waals surface area contributed by atoms with Crippen molar-refractivity contribution in [2.45, 2.75) is 44.7 Å². The molecule has 1 aromatic rings. The number of nitrogens with two attached hydrogens (primary N) is 1. The van der Waals surface area contributed by atoms with Crippen molar-refractivity contribution in [2.24, 2.45) is 5.73 Å². The highest BCUT2D eigenvalue weighted by atomic mass is 16.3. The van der Waals surface area contributed by atoms with Crippen LogP contribution in [0.2, 0.25) is 0 Å². The van der Waals surface area contributed by atoms with E-state index in [0.29, 0.717) is 12.8 Å². The van der Waals surface area contributed by atoms with E-state index in [0.717, 1.165) is 18.4 Å². The van der Waals surface area contributed by atoms with Crippen LogP contribution < -0.4 is 11.1 Å². The summed E-state index contributed by atoms with van der Waals surface area (Å²) in [5.41, 5.74) is 6.89. The summed E-state index contributed by atoms with van der Waals surface area (Å²) in [6.07, 6.45) is 3.26.